The molecule has 0 aromatic carbocycles. The van der Waals surface area contributed by atoms with Crippen LogP contribution in [0.4, 0.5) is 0 Å². The smallest absolute Gasteiger partial charge is 0.338 e. The number of carbonyl (C=O) groups excluding carboxylic acids is 1. The lowest BCUT2D eigenvalue weighted by Crippen LogP contribution is -2.25. The highest BCUT2D eigenvalue weighted by atomic mass is 32.1. The van der Waals surface area contributed by atoms with Crippen LogP contribution in [0.2, 0.25) is 0 Å². The largest absolute Gasteiger partial charge is 0.478 e. The highest BCUT2D eigenvalue weighted by molar-refractivity contribution is 7.11. The van der Waals surface area contributed by atoms with Crippen molar-refractivity contribution >= 4 is 23.2 Å². The number of carbonyl (C=O) groups is 2. The summed E-state index contributed by atoms with van der Waals surface area (Å²) in [6.45, 7) is 0.453. The number of carboxylic acid groups (broad SMARTS) is 1. The summed E-state index contributed by atoms with van der Waals surface area (Å²) in [6.07, 6.45) is 6.35. The zero-order valence-electron chi connectivity index (χ0n) is 11.9. The third kappa shape index (κ3) is 3.19. The molecule has 2 aromatic rings. The molecule has 0 fully saturated rings. The minimum atomic E-state index is -1.11. The Labute approximate surface area is 131 Å². The molecule has 0 spiro atoms. The van der Waals surface area contributed by atoms with Crippen molar-refractivity contribution < 1.29 is 19.1 Å². The minimum absolute atomic E-state index is 0.0100. The van der Waals surface area contributed by atoms with Crippen LogP contribution in [0.1, 0.15) is 49.3 Å². The number of amides is 1. The summed E-state index contributed by atoms with van der Waals surface area (Å²) in [5, 5.41) is 12.5. The Morgan fingerprint density at radius 3 is 2.91 bits per heavy atom. The van der Waals surface area contributed by atoms with Crippen molar-refractivity contribution in [1.29, 1.82) is 0 Å². The van der Waals surface area contributed by atoms with Gasteiger partial charge in [0.2, 0.25) is 0 Å². The monoisotopic (exact) mass is 320 g/mol. The van der Waals surface area contributed by atoms with Crippen molar-refractivity contribution in [2.45, 2.75) is 32.1 Å². The Balaban J connectivity index is 1.52. The van der Waals surface area contributed by atoms with E-state index in [0.717, 1.165) is 24.1 Å². The fourth-order valence-electron chi connectivity index (χ4n) is 2.45. The van der Waals surface area contributed by atoms with E-state index in [9.17, 15) is 9.59 Å². The number of hydrogen-bond acceptors (Lipinski definition) is 5. The Morgan fingerprint density at radius 1 is 1.36 bits per heavy atom. The molecule has 1 aliphatic carbocycles. The van der Waals surface area contributed by atoms with Gasteiger partial charge in [0.05, 0.1) is 16.3 Å². The van der Waals surface area contributed by atoms with Gasteiger partial charge in [-0.25, -0.2) is 9.78 Å². The highest BCUT2D eigenvalue weighted by Gasteiger charge is 2.16. The van der Waals surface area contributed by atoms with Crippen LogP contribution < -0.4 is 5.32 Å². The van der Waals surface area contributed by atoms with Crippen LogP contribution in [-0.2, 0) is 19.3 Å². The van der Waals surface area contributed by atoms with Crippen molar-refractivity contribution in [3.05, 3.63) is 39.2 Å². The molecule has 0 bridgehead atoms. The molecule has 1 aliphatic rings. The minimum Gasteiger partial charge on any atom is -0.478 e. The van der Waals surface area contributed by atoms with Gasteiger partial charge in [0, 0.05) is 23.9 Å². The number of aryl methyl sites for hydroxylation is 2. The van der Waals surface area contributed by atoms with E-state index in [1.54, 1.807) is 11.3 Å². The topological polar surface area (TPSA) is 92.4 Å². The second-order valence-corrected chi connectivity index (χ2v) is 6.36. The molecule has 6 nitrogen and oxygen atoms in total. The first-order chi connectivity index (χ1) is 10.6. The second kappa shape index (κ2) is 6.31. The van der Waals surface area contributed by atoms with E-state index < -0.39 is 11.9 Å². The van der Waals surface area contributed by atoms with E-state index in [1.165, 1.54) is 29.5 Å². The van der Waals surface area contributed by atoms with Gasteiger partial charge in [0.25, 0.3) is 5.91 Å². The van der Waals surface area contributed by atoms with Crippen molar-refractivity contribution in [3.63, 3.8) is 0 Å². The Hall–Kier alpha value is -2.15. The average molecular weight is 320 g/mol. The Morgan fingerprint density at radius 2 is 2.18 bits per heavy atom. The quantitative estimate of drug-likeness (QED) is 0.881. The molecule has 0 atom stereocenters. The SMILES string of the molecule is O=C(O)c1coc(C(=O)NCCc2nc3c(s2)CCCC3)c1. The zero-order valence-corrected chi connectivity index (χ0v) is 12.7. The number of nitrogens with zero attached hydrogens (tertiary/aromatic N) is 1. The molecule has 22 heavy (non-hydrogen) atoms. The molecule has 0 radical (unpaired) electrons. The van der Waals surface area contributed by atoms with E-state index in [0.29, 0.717) is 13.0 Å². The van der Waals surface area contributed by atoms with Gasteiger partial charge < -0.3 is 14.8 Å². The summed E-state index contributed by atoms with van der Waals surface area (Å²) in [4.78, 5) is 28.6. The number of rotatable bonds is 5. The number of thiazole rings is 1. The second-order valence-electron chi connectivity index (χ2n) is 5.20. The number of carboxylic acids is 1. The van der Waals surface area contributed by atoms with Crippen LogP contribution in [0.15, 0.2) is 16.7 Å². The number of furan rings is 1. The van der Waals surface area contributed by atoms with Crippen molar-refractivity contribution in [3.8, 4) is 0 Å². The fraction of sp³-hybridized carbons (Fsp3) is 0.400. The van der Waals surface area contributed by atoms with Gasteiger partial charge >= 0.3 is 5.97 Å². The van der Waals surface area contributed by atoms with Gasteiger partial charge in [-0.15, -0.1) is 11.3 Å². The highest BCUT2D eigenvalue weighted by Crippen LogP contribution is 2.26. The maximum atomic E-state index is 11.9. The van der Waals surface area contributed by atoms with Gasteiger partial charge in [-0.3, -0.25) is 4.79 Å². The van der Waals surface area contributed by atoms with E-state index in [1.807, 2.05) is 0 Å². The predicted molar refractivity (Wildman–Crippen MR) is 80.5 cm³/mol. The number of aromatic carboxylic acids is 1. The summed E-state index contributed by atoms with van der Waals surface area (Å²) in [5.74, 6) is -1.51. The fourth-order valence-corrected chi connectivity index (χ4v) is 3.61. The summed E-state index contributed by atoms with van der Waals surface area (Å²) in [7, 11) is 0. The van der Waals surface area contributed by atoms with Crippen LogP contribution in [0.25, 0.3) is 0 Å². The summed E-state index contributed by atoms with van der Waals surface area (Å²) in [5.41, 5.74) is 1.19. The van der Waals surface area contributed by atoms with Crippen molar-refractivity contribution in [2.75, 3.05) is 6.54 Å². The molecule has 2 aromatic heterocycles. The maximum Gasteiger partial charge on any atom is 0.338 e. The van der Waals surface area contributed by atoms with Crippen LogP contribution >= 0.6 is 11.3 Å². The van der Waals surface area contributed by atoms with Crippen LogP contribution in [0.5, 0.6) is 0 Å². The first kappa shape index (κ1) is 14.8. The molecular formula is C15H16N2O4S. The molecule has 2 N–H and O–H groups in total. The Bertz CT molecular complexity index is 681. The Kier molecular flexibility index (Phi) is 4.24. The van der Waals surface area contributed by atoms with Crippen LogP contribution in [0, 0.1) is 0 Å². The number of nitrogens with one attached hydrogen (secondary N) is 1. The van der Waals surface area contributed by atoms with E-state index in [2.05, 4.69) is 10.3 Å². The number of hydrogen-bond donors (Lipinski definition) is 2. The van der Waals surface area contributed by atoms with E-state index in [-0.39, 0.29) is 11.3 Å². The van der Waals surface area contributed by atoms with E-state index >= 15 is 0 Å². The van der Waals surface area contributed by atoms with Gasteiger partial charge in [-0.05, 0) is 25.7 Å². The molecule has 0 saturated heterocycles. The molecule has 0 saturated carbocycles. The molecule has 7 heteroatoms. The average Bonchev–Trinajstić information content (AvgIpc) is 3.13. The van der Waals surface area contributed by atoms with Crippen molar-refractivity contribution in [1.82, 2.24) is 10.3 Å². The molecule has 0 aliphatic heterocycles. The maximum absolute atomic E-state index is 11.9. The molecule has 3 rings (SSSR count). The first-order valence-electron chi connectivity index (χ1n) is 7.21. The van der Waals surface area contributed by atoms with Crippen molar-refractivity contribution in [2.24, 2.45) is 0 Å². The lowest BCUT2D eigenvalue weighted by molar-refractivity contribution is 0.0696. The van der Waals surface area contributed by atoms with Gasteiger partial charge in [0.15, 0.2) is 5.76 Å². The van der Waals surface area contributed by atoms with Gasteiger partial charge in [-0.2, -0.15) is 0 Å². The molecule has 0 unspecified atom stereocenters. The third-order valence-electron chi connectivity index (χ3n) is 3.58. The standard InChI is InChI=1S/C15H16N2O4S/c18-14(11-7-9(8-21-11)15(19)20)16-6-5-13-17-10-3-1-2-4-12(10)22-13/h7-8H,1-6H2,(H,16,18)(H,19,20). The molecular weight excluding hydrogens is 304 g/mol. The lowest BCUT2D eigenvalue weighted by atomic mass is 10.0. The summed E-state index contributed by atoms with van der Waals surface area (Å²) >= 11 is 1.73. The summed E-state index contributed by atoms with van der Waals surface area (Å²) in [6, 6.07) is 1.22. The molecule has 1 amide bonds. The van der Waals surface area contributed by atoms with Crippen LogP contribution in [-0.4, -0.2) is 28.5 Å². The predicted octanol–water partition coefficient (Wildman–Crippen LogP) is 2.29. The lowest BCUT2D eigenvalue weighted by Gasteiger charge is -2.06. The third-order valence-corrected chi connectivity index (χ3v) is 4.80. The molecule has 2 heterocycles. The van der Waals surface area contributed by atoms with Gasteiger partial charge in [-0.1, -0.05) is 0 Å². The number of aromatic nitrogens is 1. The van der Waals surface area contributed by atoms with Gasteiger partial charge in [0.1, 0.15) is 6.26 Å². The first-order valence-corrected chi connectivity index (χ1v) is 8.02. The summed E-state index contributed by atoms with van der Waals surface area (Å²) < 4.78 is 4.95. The number of fused-ring (bicyclic) bond motifs is 1. The van der Waals surface area contributed by atoms with E-state index in [4.69, 9.17) is 9.52 Å². The van der Waals surface area contributed by atoms with Crippen LogP contribution in [0.3, 0.4) is 0 Å². The molecule has 116 valence electrons. The normalized spacial score (nSPS) is 13.6. The zero-order chi connectivity index (χ0) is 15.5.